The summed E-state index contributed by atoms with van der Waals surface area (Å²) < 4.78 is 2.38. The van der Waals surface area contributed by atoms with Gasteiger partial charge in [-0.3, -0.25) is 0 Å². The molecule has 2 aromatic carbocycles. The van der Waals surface area contributed by atoms with Gasteiger partial charge < -0.3 is 17.0 Å². The Bertz CT molecular complexity index is 852. The lowest BCUT2D eigenvalue weighted by molar-refractivity contribution is -0.00000580. The minimum atomic E-state index is 0. The Morgan fingerprint density at radius 3 is 2.07 bits per heavy atom. The molecule has 3 aromatic rings. The minimum Gasteiger partial charge on any atom is -1.00 e. The van der Waals surface area contributed by atoms with Crippen LogP contribution >= 0.6 is 0 Å². The lowest BCUT2D eigenvalue weighted by atomic mass is 10.1. The summed E-state index contributed by atoms with van der Waals surface area (Å²) in [6.45, 7) is 3.33. The third kappa shape index (κ3) is 7.36. The number of rotatable bonds is 12. The molecule has 0 aliphatic carbocycles. The van der Waals surface area contributed by atoms with Gasteiger partial charge in [-0.15, -0.1) is 0 Å². The highest BCUT2D eigenvalue weighted by atomic mass is 35.5. The fourth-order valence-electron chi connectivity index (χ4n) is 3.77. The van der Waals surface area contributed by atoms with E-state index in [1.165, 1.54) is 68.9 Å². The molecule has 1 heterocycles. The molecular weight excluding hydrogens is 376 g/mol. The van der Waals surface area contributed by atoms with Crippen LogP contribution < -0.4 is 12.4 Å². The molecule has 2 nitrogen and oxygen atoms in total. The van der Waals surface area contributed by atoms with Gasteiger partial charge in [-0.25, -0.2) is 4.98 Å². The average molecular weight is 410 g/mol. The number of fused-ring (bicyclic) bond motifs is 1. The number of hydrogen-bond acceptors (Lipinski definition) is 1. The molecule has 29 heavy (non-hydrogen) atoms. The second kappa shape index (κ2) is 13.2. The Hall–Kier alpha value is -2.06. The van der Waals surface area contributed by atoms with Gasteiger partial charge in [-0.05, 0) is 30.2 Å². The fourth-order valence-corrected chi connectivity index (χ4v) is 3.77. The zero-order valence-corrected chi connectivity index (χ0v) is 18.5. The number of unbranched alkanes of at least 4 members (excludes halogenated alkanes) is 8. The summed E-state index contributed by atoms with van der Waals surface area (Å²) in [5.74, 6) is 1.06. The van der Waals surface area contributed by atoms with Gasteiger partial charge in [0.1, 0.15) is 5.82 Å². The molecule has 0 aliphatic heterocycles. The molecule has 0 amide bonds. The molecule has 0 N–H and O–H groups in total. The predicted octanol–water partition coefficient (Wildman–Crippen LogP) is 4.74. The Morgan fingerprint density at radius 1 is 0.724 bits per heavy atom. The molecule has 0 aliphatic rings. The van der Waals surface area contributed by atoms with E-state index in [2.05, 4.69) is 78.2 Å². The highest BCUT2D eigenvalue weighted by Gasteiger charge is 2.07. The van der Waals surface area contributed by atoms with Crippen LogP contribution in [0, 0.1) is 0 Å². The molecule has 3 rings (SSSR count). The largest absolute Gasteiger partial charge is 1.00 e. The first-order valence-corrected chi connectivity index (χ1v) is 11.1. The average Bonchev–Trinajstić information content (AvgIpc) is 3.09. The van der Waals surface area contributed by atoms with E-state index in [1.807, 2.05) is 0 Å². The minimum absolute atomic E-state index is 0. The van der Waals surface area contributed by atoms with Crippen LogP contribution in [0.4, 0.5) is 0 Å². The van der Waals surface area contributed by atoms with E-state index in [0.717, 1.165) is 17.9 Å². The zero-order valence-electron chi connectivity index (χ0n) is 17.7. The Labute approximate surface area is 182 Å². The van der Waals surface area contributed by atoms with Crippen molar-refractivity contribution >= 4 is 23.2 Å². The van der Waals surface area contributed by atoms with Gasteiger partial charge in [0.25, 0.3) is 0 Å². The lowest BCUT2D eigenvalue weighted by Gasteiger charge is -2.07. The van der Waals surface area contributed by atoms with Gasteiger partial charge in [0.05, 0.1) is 11.0 Å². The standard InChI is InChI=1S/C26H34N2.ClH/c1-2-3-4-5-6-7-8-9-15-22-28-25-19-14-13-18-24(25)27-26(28)21-20-23-16-11-10-12-17-23;/h10-14,16-21H,2-9,15,22H2,1H3;1H/p-1/b21-20+;. The van der Waals surface area contributed by atoms with E-state index in [9.17, 15) is 0 Å². The van der Waals surface area contributed by atoms with Crippen molar-refractivity contribution in [3.8, 4) is 0 Å². The quantitative estimate of drug-likeness (QED) is 0.395. The molecule has 0 fully saturated rings. The summed E-state index contributed by atoms with van der Waals surface area (Å²) in [6.07, 6.45) is 16.5. The van der Waals surface area contributed by atoms with Crippen molar-refractivity contribution in [2.45, 2.75) is 71.3 Å². The van der Waals surface area contributed by atoms with Crippen LogP contribution in [0.5, 0.6) is 0 Å². The summed E-state index contributed by atoms with van der Waals surface area (Å²) in [5.41, 5.74) is 3.55. The van der Waals surface area contributed by atoms with Crippen LogP contribution in [0.1, 0.15) is 76.1 Å². The van der Waals surface area contributed by atoms with E-state index in [1.54, 1.807) is 0 Å². The first kappa shape index (κ1) is 23.2. The Kier molecular flexibility index (Phi) is 10.6. The van der Waals surface area contributed by atoms with Crippen LogP contribution in [0.15, 0.2) is 54.6 Å². The summed E-state index contributed by atoms with van der Waals surface area (Å²) in [6, 6.07) is 18.9. The second-order valence-corrected chi connectivity index (χ2v) is 7.68. The first-order valence-electron chi connectivity index (χ1n) is 11.1. The molecule has 3 heteroatoms. The zero-order chi connectivity index (χ0) is 19.4. The van der Waals surface area contributed by atoms with Crippen LogP contribution in [0.25, 0.3) is 23.2 Å². The van der Waals surface area contributed by atoms with Gasteiger partial charge in [-0.1, -0.05) is 107 Å². The van der Waals surface area contributed by atoms with Crippen LogP contribution in [-0.4, -0.2) is 9.55 Å². The molecule has 0 atom stereocenters. The van der Waals surface area contributed by atoms with Crippen molar-refractivity contribution in [2.24, 2.45) is 0 Å². The topological polar surface area (TPSA) is 17.8 Å². The van der Waals surface area contributed by atoms with Crippen molar-refractivity contribution in [2.75, 3.05) is 0 Å². The molecule has 156 valence electrons. The van der Waals surface area contributed by atoms with E-state index in [0.29, 0.717) is 0 Å². The summed E-state index contributed by atoms with van der Waals surface area (Å²) >= 11 is 0. The third-order valence-corrected chi connectivity index (χ3v) is 5.39. The highest BCUT2D eigenvalue weighted by molar-refractivity contribution is 5.79. The molecular formula is C26H34ClN2-. The molecule has 0 unspecified atom stereocenters. The summed E-state index contributed by atoms with van der Waals surface area (Å²) in [4.78, 5) is 4.86. The van der Waals surface area contributed by atoms with Crippen molar-refractivity contribution in [3.05, 3.63) is 66.0 Å². The van der Waals surface area contributed by atoms with Gasteiger partial charge in [0.2, 0.25) is 0 Å². The molecule has 1 aromatic heterocycles. The monoisotopic (exact) mass is 409 g/mol. The third-order valence-electron chi connectivity index (χ3n) is 5.39. The molecule has 0 bridgehead atoms. The number of nitrogens with zero attached hydrogens (tertiary/aromatic N) is 2. The summed E-state index contributed by atoms with van der Waals surface area (Å²) in [5, 5.41) is 0. The maximum atomic E-state index is 4.86. The van der Waals surface area contributed by atoms with Crippen LogP contribution in [0.2, 0.25) is 0 Å². The molecule has 0 saturated heterocycles. The van der Waals surface area contributed by atoms with Gasteiger partial charge >= 0.3 is 0 Å². The van der Waals surface area contributed by atoms with Gasteiger partial charge in [0.15, 0.2) is 0 Å². The van der Waals surface area contributed by atoms with Gasteiger partial charge in [-0.2, -0.15) is 0 Å². The van der Waals surface area contributed by atoms with Crippen LogP contribution in [0.3, 0.4) is 0 Å². The number of halogens is 1. The number of aromatic nitrogens is 2. The fraction of sp³-hybridized carbons (Fsp3) is 0.423. The molecule has 0 spiro atoms. The Morgan fingerprint density at radius 2 is 1.34 bits per heavy atom. The second-order valence-electron chi connectivity index (χ2n) is 7.68. The molecule has 0 saturated carbocycles. The first-order chi connectivity index (χ1) is 13.9. The van der Waals surface area contributed by atoms with Gasteiger partial charge in [0, 0.05) is 6.54 Å². The number of benzene rings is 2. The van der Waals surface area contributed by atoms with E-state index >= 15 is 0 Å². The van der Waals surface area contributed by atoms with Crippen LogP contribution in [-0.2, 0) is 6.54 Å². The van der Waals surface area contributed by atoms with E-state index in [4.69, 9.17) is 4.98 Å². The predicted molar refractivity (Wildman–Crippen MR) is 122 cm³/mol. The highest BCUT2D eigenvalue weighted by Crippen LogP contribution is 2.19. The smallest absolute Gasteiger partial charge is 0.133 e. The Balaban J connectivity index is 0.00000300. The number of para-hydroxylation sites is 2. The van der Waals surface area contributed by atoms with E-state index in [-0.39, 0.29) is 12.4 Å². The SMILES string of the molecule is CCCCCCCCCCCn1c(/C=C/c2ccccc2)nc2ccccc21.[Cl-]. The normalized spacial score (nSPS) is 11.2. The summed E-state index contributed by atoms with van der Waals surface area (Å²) in [7, 11) is 0. The van der Waals surface area contributed by atoms with Crippen molar-refractivity contribution in [1.29, 1.82) is 0 Å². The van der Waals surface area contributed by atoms with Crippen molar-refractivity contribution < 1.29 is 12.4 Å². The van der Waals surface area contributed by atoms with Crippen molar-refractivity contribution in [1.82, 2.24) is 9.55 Å². The molecule has 0 radical (unpaired) electrons. The van der Waals surface area contributed by atoms with E-state index < -0.39 is 0 Å². The number of hydrogen-bond donors (Lipinski definition) is 0. The maximum Gasteiger partial charge on any atom is 0.133 e. The maximum absolute atomic E-state index is 4.86. The number of aryl methyl sites for hydroxylation is 1. The number of imidazole rings is 1. The van der Waals surface area contributed by atoms with Crippen molar-refractivity contribution in [3.63, 3.8) is 0 Å². The lowest BCUT2D eigenvalue weighted by Crippen LogP contribution is -3.00.